The minimum atomic E-state index is -0.358. The van der Waals surface area contributed by atoms with E-state index in [0.29, 0.717) is 34.8 Å². The molecule has 1 N–H and O–H groups in total. The number of aromatic nitrogens is 1. The molecule has 0 unspecified atom stereocenters. The molecule has 0 bridgehead atoms. The molecule has 1 aromatic carbocycles. The van der Waals surface area contributed by atoms with Gasteiger partial charge in [-0.2, -0.15) is 0 Å². The Kier molecular flexibility index (Phi) is 5.70. The molecule has 0 saturated carbocycles. The van der Waals surface area contributed by atoms with Crippen LogP contribution in [-0.4, -0.2) is 18.1 Å². The predicted molar refractivity (Wildman–Crippen MR) is 85.2 cm³/mol. The van der Waals surface area contributed by atoms with Gasteiger partial charge in [-0.25, -0.2) is 9.37 Å². The van der Waals surface area contributed by atoms with Crippen LogP contribution in [0.1, 0.15) is 24.4 Å². The van der Waals surface area contributed by atoms with Crippen molar-refractivity contribution in [3.63, 3.8) is 0 Å². The zero-order chi connectivity index (χ0) is 15.4. The summed E-state index contributed by atoms with van der Waals surface area (Å²) in [5.41, 5.74) is 1.18. The van der Waals surface area contributed by atoms with Gasteiger partial charge in [0.2, 0.25) is 0 Å². The van der Waals surface area contributed by atoms with Crippen LogP contribution in [0, 0.1) is 5.82 Å². The Morgan fingerprint density at radius 1 is 1.43 bits per heavy atom. The van der Waals surface area contributed by atoms with Gasteiger partial charge in [-0.05, 0) is 12.1 Å². The van der Waals surface area contributed by atoms with Crippen molar-refractivity contribution < 1.29 is 9.13 Å². The number of hydrogen-bond acceptors (Lipinski definition) is 4. The number of ether oxygens (including phenoxy) is 1. The number of nitrogens with zero attached hydrogens (tertiary/aromatic N) is 1. The third-order valence-electron chi connectivity index (χ3n) is 2.91. The molecule has 0 amide bonds. The van der Waals surface area contributed by atoms with Crippen molar-refractivity contribution in [1.29, 1.82) is 0 Å². The van der Waals surface area contributed by atoms with Crippen molar-refractivity contribution in [2.45, 2.75) is 33.0 Å². The maximum atomic E-state index is 14.0. The Balaban J connectivity index is 2.38. The second kappa shape index (κ2) is 7.31. The minimum absolute atomic E-state index is 0.358. The van der Waals surface area contributed by atoms with Gasteiger partial charge in [-0.15, -0.1) is 11.3 Å². The van der Waals surface area contributed by atoms with E-state index in [4.69, 9.17) is 16.3 Å². The van der Waals surface area contributed by atoms with Crippen LogP contribution in [0.5, 0.6) is 0 Å². The number of benzene rings is 1. The lowest BCUT2D eigenvalue weighted by Crippen LogP contribution is -2.21. The lowest BCUT2D eigenvalue weighted by atomic mass is 10.2. The van der Waals surface area contributed by atoms with Crippen LogP contribution in [0.25, 0.3) is 10.6 Å². The highest BCUT2D eigenvalue weighted by atomic mass is 35.5. The fourth-order valence-electron chi connectivity index (χ4n) is 1.88. The van der Waals surface area contributed by atoms with Gasteiger partial charge in [0, 0.05) is 24.6 Å². The first-order chi connectivity index (χ1) is 10.0. The van der Waals surface area contributed by atoms with E-state index in [0.717, 1.165) is 10.6 Å². The van der Waals surface area contributed by atoms with E-state index in [1.54, 1.807) is 19.2 Å². The summed E-state index contributed by atoms with van der Waals surface area (Å²) < 4.78 is 19.2. The standard InChI is InChI=1S/C15H18ClFN2OS/c1-9(2)18-7-13-12(8-20-3)19-15(21-13)14-10(16)5-4-6-11(14)17/h4-6,9,18H,7-8H2,1-3H3. The second-order valence-electron chi connectivity index (χ2n) is 4.95. The van der Waals surface area contributed by atoms with Gasteiger partial charge < -0.3 is 10.1 Å². The molecule has 2 aromatic rings. The van der Waals surface area contributed by atoms with E-state index in [1.807, 2.05) is 0 Å². The molecule has 6 heteroatoms. The Labute approximate surface area is 133 Å². The molecule has 0 aliphatic rings. The molecule has 1 heterocycles. The van der Waals surface area contributed by atoms with E-state index in [2.05, 4.69) is 24.1 Å². The van der Waals surface area contributed by atoms with Gasteiger partial charge in [0.05, 0.1) is 22.9 Å². The Hall–Kier alpha value is -1.01. The van der Waals surface area contributed by atoms with Crippen LogP contribution in [0.15, 0.2) is 18.2 Å². The summed E-state index contributed by atoms with van der Waals surface area (Å²) in [4.78, 5) is 5.54. The monoisotopic (exact) mass is 328 g/mol. The van der Waals surface area contributed by atoms with Crippen LogP contribution in [0.3, 0.4) is 0 Å². The molecule has 0 saturated heterocycles. The summed E-state index contributed by atoms with van der Waals surface area (Å²) in [6, 6.07) is 5.02. The first-order valence-corrected chi connectivity index (χ1v) is 7.87. The summed E-state index contributed by atoms with van der Waals surface area (Å²) in [5.74, 6) is -0.358. The van der Waals surface area contributed by atoms with E-state index < -0.39 is 0 Å². The summed E-state index contributed by atoms with van der Waals surface area (Å²) in [5, 5.41) is 4.30. The average Bonchev–Trinajstić information content (AvgIpc) is 2.79. The molecule has 114 valence electrons. The van der Waals surface area contributed by atoms with Gasteiger partial charge in [0.15, 0.2) is 0 Å². The van der Waals surface area contributed by atoms with Crippen molar-refractivity contribution in [3.8, 4) is 10.6 Å². The van der Waals surface area contributed by atoms with Crippen LogP contribution < -0.4 is 5.32 Å². The highest BCUT2D eigenvalue weighted by Gasteiger charge is 2.17. The topological polar surface area (TPSA) is 34.1 Å². The zero-order valence-corrected chi connectivity index (χ0v) is 13.8. The van der Waals surface area contributed by atoms with Crippen molar-refractivity contribution in [3.05, 3.63) is 39.6 Å². The van der Waals surface area contributed by atoms with Gasteiger partial charge in [-0.1, -0.05) is 31.5 Å². The quantitative estimate of drug-likeness (QED) is 0.861. The number of nitrogens with one attached hydrogen (secondary N) is 1. The van der Waals surface area contributed by atoms with Crippen LogP contribution in [0.4, 0.5) is 4.39 Å². The van der Waals surface area contributed by atoms with Gasteiger partial charge in [-0.3, -0.25) is 0 Å². The van der Waals surface area contributed by atoms with E-state index in [-0.39, 0.29) is 5.82 Å². The van der Waals surface area contributed by atoms with Gasteiger partial charge >= 0.3 is 0 Å². The molecule has 1 aromatic heterocycles. The van der Waals surface area contributed by atoms with Crippen LogP contribution in [-0.2, 0) is 17.9 Å². The number of rotatable bonds is 6. The fourth-order valence-corrected chi connectivity index (χ4v) is 3.26. The lowest BCUT2D eigenvalue weighted by Gasteiger charge is -2.07. The van der Waals surface area contributed by atoms with Crippen LogP contribution >= 0.6 is 22.9 Å². The van der Waals surface area contributed by atoms with Crippen molar-refractivity contribution in [1.82, 2.24) is 10.3 Å². The molecule has 0 aliphatic heterocycles. The average molecular weight is 329 g/mol. The first-order valence-electron chi connectivity index (χ1n) is 6.68. The largest absolute Gasteiger partial charge is 0.378 e. The maximum absolute atomic E-state index is 14.0. The zero-order valence-electron chi connectivity index (χ0n) is 12.2. The second-order valence-corrected chi connectivity index (χ2v) is 6.44. The molecule has 0 spiro atoms. The van der Waals surface area contributed by atoms with E-state index >= 15 is 0 Å². The molecule has 21 heavy (non-hydrogen) atoms. The highest BCUT2D eigenvalue weighted by molar-refractivity contribution is 7.15. The lowest BCUT2D eigenvalue weighted by molar-refractivity contribution is 0.181. The van der Waals surface area contributed by atoms with E-state index in [1.165, 1.54) is 17.4 Å². The number of thiazole rings is 1. The van der Waals surface area contributed by atoms with Crippen molar-refractivity contribution in [2.24, 2.45) is 0 Å². The maximum Gasteiger partial charge on any atom is 0.134 e. The van der Waals surface area contributed by atoms with Gasteiger partial charge in [0.25, 0.3) is 0 Å². The summed E-state index contributed by atoms with van der Waals surface area (Å²) in [6.45, 7) is 5.23. The number of methoxy groups -OCH3 is 1. The van der Waals surface area contributed by atoms with Crippen molar-refractivity contribution in [2.75, 3.05) is 7.11 Å². The molecule has 0 atom stereocenters. The molecule has 0 fully saturated rings. The molecule has 0 radical (unpaired) electrons. The predicted octanol–water partition coefficient (Wildman–Crippen LogP) is 4.25. The first kappa shape index (κ1) is 16.4. The van der Waals surface area contributed by atoms with E-state index in [9.17, 15) is 4.39 Å². The Bertz CT molecular complexity index is 595. The normalized spacial score (nSPS) is 11.3. The number of hydrogen-bond donors (Lipinski definition) is 1. The minimum Gasteiger partial charge on any atom is -0.378 e. The Morgan fingerprint density at radius 3 is 2.81 bits per heavy atom. The third kappa shape index (κ3) is 4.01. The van der Waals surface area contributed by atoms with Gasteiger partial charge in [0.1, 0.15) is 10.8 Å². The Morgan fingerprint density at radius 2 is 2.19 bits per heavy atom. The summed E-state index contributed by atoms with van der Waals surface area (Å²) in [6.07, 6.45) is 0. The smallest absolute Gasteiger partial charge is 0.134 e. The molecular weight excluding hydrogens is 311 g/mol. The molecular formula is C15H18ClFN2OS. The third-order valence-corrected chi connectivity index (χ3v) is 4.34. The summed E-state index contributed by atoms with van der Waals surface area (Å²) in [7, 11) is 1.62. The van der Waals surface area contributed by atoms with Crippen LogP contribution in [0.2, 0.25) is 5.02 Å². The number of halogens is 2. The molecule has 2 rings (SSSR count). The molecule has 0 aliphatic carbocycles. The SMILES string of the molecule is COCc1nc(-c2c(F)cccc2Cl)sc1CNC(C)C. The fraction of sp³-hybridized carbons (Fsp3) is 0.400. The summed E-state index contributed by atoms with van der Waals surface area (Å²) >= 11 is 7.55. The highest BCUT2D eigenvalue weighted by Crippen LogP contribution is 2.35. The molecule has 3 nitrogen and oxygen atoms in total. The van der Waals surface area contributed by atoms with Crippen molar-refractivity contribution >= 4 is 22.9 Å².